The van der Waals surface area contributed by atoms with Gasteiger partial charge in [0.1, 0.15) is 11.1 Å². The van der Waals surface area contributed by atoms with Crippen molar-refractivity contribution in [2.24, 2.45) is 0 Å². The largest absolute Gasteiger partial charge is 0.482 e. The molecule has 1 aromatic heterocycles. The summed E-state index contributed by atoms with van der Waals surface area (Å²) in [6.07, 6.45) is -0.763. The second-order valence-electron chi connectivity index (χ2n) is 5.23. The van der Waals surface area contributed by atoms with Crippen LogP contribution in [0.15, 0.2) is 36.7 Å². The van der Waals surface area contributed by atoms with Crippen molar-refractivity contribution in [3.8, 4) is 5.75 Å². The molecule has 1 atom stereocenters. The third-order valence-electron chi connectivity index (χ3n) is 3.32. The molecule has 9 heteroatoms. The summed E-state index contributed by atoms with van der Waals surface area (Å²) in [5, 5.41) is 5.59. The quantitative estimate of drug-likeness (QED) is 0.752. The molecule has 0 spiro atoms. The van der Waals surface area contributed by atoms with Crippen LogP contribution in [-0.4, -0.2) is 33.8 Å². The van der Waals surface area contributed by atoms with Crippen molar-refractivity contribution < 1.29 is 22.7 Å². The Hall–Kier alpha value is -2.22. The van der Waals surface area contributed by atoms with Gasteiger partial charge in [-0.3, -0.25) is 9.48 Å². The summed E-state index contributed by atoms with van der Waals surface area (Å²) < 4.78 is 43.6. The summed E-state index contributed by atoms with van der Waals surface area (Å²) in [4.78, 5) is 12.3. The fraction of sp³-hybridized carbons (Fsp3) is 0.375. The first-order valence-corrected chi connectivity index (χ1v) is 7.97. The number of nitrogens with one attached hydrogen (secondary N) is 1. The van der Waals surface area contributed by atoms with E-state index in [1.54, 1.807) is 30.6 Å². The Balaban J connectivity index is 2.14. The molecule has 0 aliphatic heterocycles. The van der Waals surface area contributed by atoms with Gasteiger partial charge in [0.15, 0.2) is 6.61 Å². The van der Waals surface area contributed by atoms with E-state index in [2.05, 4.69) is 10.4 Å². The van der Waals surface area contributed by atoms with E-state index in [0.717, 1.165) is 0 Å². The molecule has 1 heterocycles. The fourth-order valence-electron chi connectivity index (χ4n) is 2.15. The van der Waals surface area contributed by atoms with E-state index in [1.807, 2.05) is 6.92 Å². The number of aromatic nitrogens is 2. The minimum atomic E-state index is -4.47. The van der Waals surface area contributed by atoms with E-state index >= 15 is 0 Å². The number of halogens is 4. The summed E-state index contributed by atoms with van der Waals surface area (Å²) >= 11 is 6.08. The highest BCUT2D eigenvalue weighted by molar-refractivity contribution is 6.32. The van der Waals surface area contributed by atoms with Crippen LogP contribution in [-0.2, 0) is 17.8 Å². The van der Waals surface area contributed by atoms with Gasteiger partial charge in [0.2, 0.25) is 5.91 Å². The van der Waals surface area contributed by atoms with Crippen LogP contribution in [0.3, 0.4) is 0 Å². The highest BCUT2D eigenvalue weighted by atomic mass is 35.5. The van der Waals surface area contributed by atoms with Crippen LogP contribution < -0.4 is 10.1 Å². The fourth-order valence-corrected chi connectivity index (χ4v) is 2.35. The summed E-state index contributed by atoms with van der Waals surface area (Å²) in [5.74, 6) is -0.595. The molecule has 2 aromatic rings. The summed E-state index contributed by atoms with van der Waals surface area (Å²) in [6, 6.07) is 6.34. The SMILES string of the molecule is CCc1cccc(OCC(F)(F)F)c1NC(=O)C(Cl)Cn1cccn1. The lowest BCUT2D eigenvalue weighted by molar-refractivity contribution is -0.153. The van der Waals surface area contributed by atoms with E-state index < -0.39 is 24.1 Å². The standard InChI is InChI=1S/C16H17ClF3N3O2/c1-2-11-5-3-6-13(25-10-16(18,19)20)14(11)22-15(24)12(17)9-23-8-4-7-21-23/h3-8,12H,2,9-10H2,1H3,(H,22,24). The smallest absolute Gasteiger partial charge is 0.422 e. The number of alkyl halides is 4. The number of carbonyl (C=O) groups excluding carboxylic acids is 1. The average molecular weight is 376 g/mol. The number of hydrogen-bond donors (Lipinski definition) is 1. The molecule has 0 aliphatic carbocycles. The van der Waals surface area contributed by atoms with E-state index in [0.29, 0.717) is 12.0 Å². The third kappa shape index (κ3) is 5.67. The van der Waals surface area contributed by atoms with Gasteiger partial charge in [-0.15, -0.1) is 11.6 Å². The normalized spacial score (nSPS) is 12.7. The van der Waals surface area contributed by atoms with Crippen molar-refractivity contribution in [2.45, 2.75) is 31.4 Å². The maximum Gasteiger partial charge on any atom is 0.422 e. The van der Waals surface area contributed by atoms with Crippen LogP contribution >= 0.6 is 11.6 Å². The van der Waals surface area contributed by atoms with Crippen LogP contribution in [0.1, 0.15) is 12.5 Å². The number of carbonyl (C=O) groups is 1. The lowest BCUT2D eigenvalue weighted by Crippen LogP contribution is -2.28. The first kappa shape index (κ1) is 19.1. The Morgan fingerprint density at radius 2 is 2.16 bits per heavy atom. The van der Waals surface area contributed by atoms with Crippen molar-refractivity contribution in [2.75, 3.05) is 11.9 Å². The maximum atomic E-state index is 12.4. The van der Waals surface area contributed by atoms with Crippen molar-refractivity contribution in [3.05, 3.63) is 42.2 Å². The Morgan fingerprint density at radius 1 is 1.40 bits per heavy atom. The van der Waals surface area contributed by atoms with E-state index in [4.69, 9.17) is 16.3 Å². The number of hydrogen-bond acceptors (Lipinski definition) is 3. The molecule has 25 heavy (non-hydrogen) atoms. The Morgan fingerprint density at radius 3 is 2.76 bits per heavy atom. The molecule has 0 bridgehead atoms. The zero-order valence-electron chi connectivity index (χ0n) is 13.4. The van der Waals surface area contributed by atoms with Crippen molar-refractivity contribution >= 4 is 23.2 Å². The molecule has 2 rings (SSSR count). The predicted octanol–water partition coefficient (Wildman–Crippen LogP) is 3.63. The lowest BCUT2D eigenvalue weighted by Gasteiger charge is -2.18. The Bertz CT molecular complexity index is 705. The number of amides is 1. The minimum absolute atomic E-state index is 0.0482. The second-order valence-corrected chi connectivity index (χ2v) is 5.76. The van der Waals surface area contributed by atoms with Crippen LogP contribution in [0.4, 0.5) is 18.9 Å². The van der Waals surface area contributed by atoms with Gasteiger partial charge in [-0.25, -0.2) is 0 Å². The molecule has 136 valence electrons. The molecule has 0 radical (unpaired) electrons. The second kappa shape index (κ2) is 8.24. The van der Waals surface area contributed by atoms with Crippen LogP contribution in [0.2, 0.25) is 0 Å². The topological polar surface area (TPSA) is 56.1 Å². The first-order chi connectivity index (χ1) is 11.8. The van der Waals surface area contributed by atoms with E-state index in [1.165, 1.54) is 10.7 Å². The van der Waals surface area contributed by atoms with E-state index in [-0.39, 0.29) is 18.0 Å². The first-order valence-electron chi connectivity index (χ1n) is 7.54. The van der Waals surface area contributed by atoms with Crippen LogP contribution in [0.5, 0.6) is 5.75 Å². The van der Waals surface area contributed by atoms with Gasteiger partial charge < -0.3 is 10.1 Å². The van der Waals surface area contributed by atoms with Gasteiger partial charge in [0.05, 0.1) is 12.2 Å². The van der Waals surface area contributed by atoms with Crippen molar-refractivity contribution in [3.63, 3.8) is 0 Å². The highest BCUT2D eigenvalue weighted by Gasteiger charge is 2.29. The number of ether oxygens (including phenoxy) is 1. The van der Waals surface area contributed by atoms with Gasteiger partial charge in [-0.1, -0.05) is 19.1 Å². The number of benzene rings is 1. The number of anilines is 1. The Kier molecular flexibility index (Phi) is 6.30. The Labute approximate surface area is 147 Å². The van der Waals surface area contributed by atoms with Gasteiger partial charge in [-0.2, -0.15) is 18.3 Å². The molecular weight excluding hydrogens is 359 g/mol. The van der Waals surface area contributed by atoms with Gasteiger partial charge >= 0.3 is 6.18 Å². The monoisotopic (exact) mass is 375 g/mol. The maximum absolute atomic E-state index is 12.4. The molecule has 5 nitrogen and oxygen atoms in total. The number of aryl methyl sites for hydroxylation is 1. The van der Waals surface area contributed by atoms with Crippen LogP contribution in [0, 0.1) is 0 Å². The summed E-state index contributed by atoms with van der Waals surface area (Å²) in [6.45, 7) is 0.508. The van der Waals surface area contributed by atoms with Gasteiger partial charge in [-0.05, 0) is 24.1 Å². The average Bonchev–Trinajstić information content (AvgIpc) is 3.05. The van der Waals surface area contributed by atoms with Gasteiger partial charge in [0.25, 0.3) is 0 Å². The molecule has 0 saturated heterocycles. The third-order valence-corrected chi connectivity index (χ3v) is 3.66. The number of para-hydroxylation sites is 1. The number of nitrogens with zero attached hydrogens (tertiary/aromatic N) is 2. The number of rotatable bonds is 7. The molecule has 0 aliphatic rings. The van der Waals surface area contributed by atoms with Crippen molar-refractivity contribution in [1.82, 2.24) is 9.78 Å². The van der Waals surface area contributed by atoms with Crippen LogP contribution in [0.25, 0.3) is 0 Å². The molecule has 1 amide bonds. The molecule has 0 fully saturated rings. The summed E-state index contributed by atoms with van der Waals surface area (Å²) in [7, 11) is 0. The van der Waals surface area contributed by atoms with Crippen molar-refractivity contribution in [1.29, 1.82) is 0 Å². The molecule has 0 saturated carbocycles. The highest BCUT2D eigenvalue weighted by Crippen LogP contribution is 2.31. The summed E-state index contributed by atoms with van der Waals surface area (Å²) in [5.41, 5.74) is 0.848. The van der Waals surface area contributed by atoms with Gasteiger partial charge in [0, 0.05) is 12.4 Å². The minimum Gasteiger partial charge on any atom is -0.482 e. The van der Waals surface area contributed by atoms with E-state index in [9.17, 15) is 18.0 Å². The zero-order chi connectivity index (χ0) is 18.4. The molecule has 1 unspecified atom stereocenters. The molecule has 1 aromatic carbocycles. The zero-order valence-corrected chi connectivity index (χ0v) is 14.1. The predicted molar refractivity (Wildman–Crippen MR) is 87.9 cm³/mol. The molecular formula is C16H17ClF3N3O2. The lowest BCUT2D eigenvalue weighted by atomic mass is 10.1. The molecule has 1 N–H and O–H groups in total.